The number of hydrogen-bond donors (Lipinski definition) is 2. The van der Waals surface area contributed by atoms with Gasteiger partial charge in [-0.15, -0.1) is 0 Å². The number of rotatable bonds is 5. The first-order valence-electron chi connectivity index (χ1n) is 8.54. The van der Waals surface area contributed by atoms with Crippen LogP contribution in [0.2, 0.25) is 5.02 Å². The van der Waals surface area contributed by atoms with E-state index >= 15 is 0 Å². The Kier molecular flexibility index (Phi) is 5.59. The van der Waals surface area contributed by atoms with E-state index in [0.29, 0.717) is 23.0 Å². The topological polar surface area (TPSA) is 54.3 Å². The van der Waals surface area contributed by atoms with Crippen LogP contribution < -0.4 is 5.32 Å². The Hall–Kier alpha value is -1.78. The number of carbonyl (C=O) groups excluding carboxylic acids is 1. The fraction of sp³-hybridized carbons (Fsp3) is 0.421. The lowest BCUT2D eigenvalue weighted by molar-refractivity contribution is 0.0643. The number of amides is 1. The molecular weight excluding hydrogens is 324 g/mol. The molecule has 5 heteroatoms. The van der Waals surface area contributed by atoms with Gasteiger partial charge in [0.05, 0.1) is 16.7 Å². The number of hydrogen-bond acceptors (Lipinski definition) is 2. The summed E-state index contributed by atoms with van der Waals surface area (Å²) in [7, 11) is 0. The van der Waals surface area contributed by atoms with Crippen LogP contribution >= 0.6 is 11.6 Å². The highest BCUT2D eigenvalue weighted by Crippen LogP contribution is 2.26. The average Bonchev–Trinajstić information content (AvgIpc) is 3.11. The minimum absolute atomic E-state index is 0.167. The highest BCUT2D eigenvalue weighted by molar-refractivity contribution is 6.33. The van der Waals surface area contributed by atoms with Gasteiger partial charge in [0.15, 0.2) is 0 Å². The Morgan fingerprint density at radius 1 is 1.25 bits per heavy atom. The zero-order valence-electron chi connectivity index (χ0n) is 13.6. The van der Waals surface area contributed by atoms with Gasteiger partial charge in [-0.05, 0) is 55.5 Å². The minimum Gasteiger partial charge on any atom is -0.393 e. The van der Waals surface area contributed by atoms with Gasteiger partial charge in [0.25, 0.3) is 5.91 Å². The first-order valence-corrected chi connectivity index (χ1v) is 8.92. The molecule has 1 aliphatic rings. The number of aliphatic hydroxyl groups excluding tert-OH is 1. The van der Waals surface area contributed by atoms with Crippen molar-refractivity contribution >= 4 is 17.5 Å². The summed E-state index contributed by atoms with van der Waals surface area (Å²) in [5.41, 5.74) is 1.38. The van der Waals surface area contributed by atoms with Crippen molar-refractivity contribution in [1.29, 1.82) is 0 Å². The first-order chi connectivity index (χ1) is 11.6. The maximum atomic E-state index is 12.4. The van der Waals surface area contributed by atoms with Gasteiger partial charge in [-0.3, -0.25) is 4.79 Å². The van der Waals surface area contributed by atoms with Crippen LogP contribution in [0, 0.1) is 5.92 Å². The smallest absolute Gasteiger partial charge is 0.252 e. The summed E-state index contributed by atoms with van der Waals surface area (Å²) in [4.78, 5) is 12.4. The monoisotopic (exact) mass is 346 g/mol. The van der Waals surface area contributed by atoms with Crippen LogP contribution in [-0.2, 0) is 0 Å². The third kappa shape index (κ3) is 4.00. The molecule has 2 aromatic rings. The van der Waals surface area contributed by atoms with E-state index in [1.165, 1.54) is 6.42 Å². The number of carbonyl (C=O) groups is 1. The van der Waals surface area contributed by atoms with Crippen LogP contribution in [0.4, 0.5) is 0 Å². The van der Waals surface area contributed by atoms with E-state index in [0.717, 1.165) is 31.4 Å². The molecule has 0 spiro atoms. The van der Waals surface area contributed by atoms with Crippen molar-refractivity contribution in [2.24, 2.45) is 5.92 Å². The number of halogens is 1. The van der Waals surface area contributed by atoms with Gasteiger partial charge >= 0.3 is 0 Å². The lowest BCUT2D eigenvalue weighted by atomic mass is 9.84. The summed E-state index contributed by atoms with van der Waals surface area (Å²) in [5.74, 6) is 0.125. The highest BCUT2D eigenvalue weighted by Gasteiger charge is 2.22. The predicted molar refractivity (Wildman–Crippen MR) is 95.7 cm³/mol. The molecule has 2 atom stereocenters. The van der Waals surface area contributed by atoms with Gasteiger partial charge in [0.1, 0.15) is 0 Å². The van der Waals surface area contributed by atoms with E-state index in [-0.39, 0.29) is 12.0 Å². The number of aromatic nitrogens is 1. The van der Waals surface area contributed by atoms with Gasteiger partial charge in [0.2, 0.25) is 0 Å². The van der Waals surface area contributed by atoms with Crippen molar-refractivity contribution in [3.63, 3.8) is 0 Å². The molecule has 3 rings (SSSR count). The molecular formula is C19H23ClN2O2. The van der Waals surface area contributed by atoms with E-state index in [4.69, 9.17) is 11.6 Å². The Morgan fingerprint density at radius 3 is 2.75 bits per heavy atom. The van der Waals surface area contributed by atoms with Crippen molar-refractivity contribution in [3.05, 3.63) is 53.3 Å². The number of nitrogens with zero attached hydrogens (tertiary/aromatic N) is 1. The Balaban J connectivity index is 1.61. The lowest BCUT2D eigenvalue weighted by Crippen LogP contribution is -2.31. The quantitative estimate of drug-likeness (QED) is 0.865. The third-order valence-electron chi connectivity index (χ3n) is 4.77. The first kappa shape index (κ1) is 17.1. The largest absolute Gasteiger partial charge is 0.393 e. The second-order valence-corrected chi connectivity index (χ2v) is 6.82. The molecule has 0 bridgehead atoms. The number of benzene rings is 1. The zero-order valence-corrected chi connectivity index (χ0v) is 14.4. The molecule has 0 saturated heterocycles. The molecule has 1 saturated carbocycles. The molecule has 0 aliphatic heterocycles. The van der Waals surface area contributed by atoms with Crippen LogP contribution in [0.3, 0.4) is 0 Å². The Labute approximate surface area is 147 Å². The standard InChI is InChI=1S/C19H23ClN2O2/c20-17-8-7-15(22-11-3-4-12-22)13-16(17)19(24)21-10-9-14-5-1-2-6-18(14)23/h3-4,7-8,11-14,18,23H,1-2,5-6,9-10H2,(H,21,24)/t14-,18-/m1/s1. The second kappa shape index (κ2) is 7.86. The molecule has 1 fully saturated rings. The Morgan fingerprint density at radius 2 is 2.00 bits per heavy atom. The van der Waals surface area contributed by atoms with E-state index in [9.17, 15) is 9.90 Å². The van der Waals surface area contributed by atoms with E-state index < -0.39 is 0 Å². The van der Waals surface area contributed by atoms with Crippen molar-refractivity contribution in [2.45, 2.75) is 38.2 Å². The molecule has 1 heterocycles. The molecule has 128 valence electrons. The average molecular weight is 347 g/mol. The van der Waals surface area contributed by atoms with Gasteiger partial charge in [-0.1, -0.05) is 24.4 Å². The summed E-state index contributed by atoms with van der Waals surface area (Å²) >= 11 is 6.19. The van der Waals surface area contributed by atoms with Crippen LogP contribution in [-0.4, -0.2) is 28.2 Å². The molecule has 2 N–H and O–H groups in total. The van der Waals surface area contributed by atoms with E-state index in [2.05, 4.69) is 5.32 Å². The van der Waals surface area contributed by atoms with Gasteiger partial charge in [-0.25, -0.2) is 0 Å². The van der Waals surface area contributed by atoms with Crippen LogP contribution in [0.1, 0.15) is 42.5 Å². The molecule has 0 radical (unpaired) electrons. The zero-order chi connectivity index (χ0) is 16.9. The van der Waals surface area contributed by atoms with Gasteiger partial charge in [0, 0.05) is 24.6 Å². The molecule has 1 amide bonds. The van der Waals surface area contributed by atoms with Crippen LogP contribution in [0.25, 0.3) is 5.69 Å². The molecule has 0 unspecified atom stereocenters. The molecule has 1 aromatic heterocycles. The van der Waals surface area contributed by atoms with Crippen molar-refractivity contribution in [1.82, 2.24) is 9.88 Å². The lowest BCUT2D eigenvalue weighted by Gasteiger charge is -2.27. The number of nitrogens with one attached hydrogen (secondary N) is 1. The van der Waals surface area contributed by atoms with Crippen molar-refractivity contribution in [2.75, 3.05) is 6.54 Å². The van der Waals surface area contributed by atoms with Crippen LogP contribution in [0.5, 0.6) is 0 Å². The molecule has 4 nitrogen and oxygen atoms in total. The van der Waals surface area contributed by atoms with Gasteiger partial charge < -0.3 is 15.0 Å². The summed E-state index contributed by atoms with van der Waals surface area (Å²) in [6.45, 7) is 0.560. The summed E-state index contributed by atoms with van der Waals surface area (Å²) in [6, 6.07) is 9.30. The minimum atomic E-state index is -0.226. The van der Waals surface area contributed by atoms with E-state index in [1.54, 1.807) is 12.1 Å². The highest BCUT2D eigenvalue weighted by atomic mass is 35.5. The third-order valence-corrected chi connectivity index (χ3v) is 5.10. The summed E-state index contributed by atoms with van der Waals surface area (Å²) in [5, 5.41) is 13.4. The maximum absolute atomic E-state index is 12.4. The molecule has 24 heavy (non-hydrogen) atoms. The Bertz CT molecular complexity index is 685. The number of aliphatic hydroxyl groups is 1. The summed E-state index contributed by atoms with van der Waals surface area (Å²) < 4.78 is 1.94. The fourth-order valence-electron chi connectivity index (χ4n) is 3.35. The SMILES string of the molecule is O=C(NCC[C@H]1CCCC[C@H]1O)c1cc(-n2cccc2)ccc1Cl. The predicted octanol–water partition coefficient (Wildman–Crippen LogP) is 3.80. The normalized spacial score (nSPS) is 20.8. The van der Waals surface area contributed by atoms with Crippen molar-refractivity contribution < 1.29 is 9.90 Å². The second-order valence-electron chi connectivity index (χ2n) is 6.41. The molecule has 1 aliphatic carbocycles. The summed E-state index contributed by atoms with van der Waals surface area (Å²) in [6.07, 6.45) is 8.62. The van der Waals surface area contributed by atoms with E-state index in [1.807, 2.05) is 35.2 Å². The maximum Gasteiger partial charge on any atom is 0.252 e. The van der Waals surface area contributed by atoms with Crippen molar-refractivity contribution in [3.8, 4) is 5.69 Å². The van der Waals surface area contributed by atoms with Gasteiger partial charge in [-0.2, -0.15) is 0 Å². The molecule has 1 aromatic carbocycles. The van der Waals surface area contributed by atoms with Crippen LogP contribution in [0.15, 0.2) is 42.7 Å². The fourth-order valence-corrected chi connectivity index (χ4v) is 3.55.